The maximum Gasteiger partial charge on any atom is 0.242 e. The van der Waals surface area contributed by atoms with E-state index < -0.39 is 11.5 Å². The number of hydrogen-bond donors (Lipinski definition) is 1. The predicted molar refractivity (Wildman–Crippen MR) is 118 cm³/mol. The van der Waals surface area contributed by atoms with Crippen molar-refractivity contribution in [3.63, 3.8) is 0 Å². The lowest BCUT2D eigenvalue weighted by atomic mass is 9.84. The van der Waals surface area contributed by atoms with Gasteiger partial charge in [0.1, 0.15) is 6.04 Å². The third-order valence-electron chi connectivity index (χ3n) is 5.72. The Kier molecular flexibility index (Phi) is 7.14. The minimum Gasteiger partial charge on any atom is -0.375 e. The van der Waals surface area contributed by atoms with E-state index >= 15 is 0 Å². The highest BCUT2D eigenvalue weighted by Gasteiger charge is 2.46. The first kappa shape index (κ1) is 22.3. The minimum atomic E-state index is -0.800. The van der Waals surface area contributed by atoms with Gasteiger partial charge in [-0.2, -0.15) is 5.26 Å². The highest BCUT2D eigenvalue weighted by atomic mass is 35.5. The molecule has 6 heteroatoms. The monoisotopic (exact) mass is 425 g/mol. The normalized spacial score (nSPS) is 20.0. The first-order valence-corrected chi connectivity index (χ1v) is 10.6. The Morgan fingerprint density at radius 1 is 1.27 bits per heavy atom. The van der Waals surface area contributed by atoms with Crippen LogP contribution in [-0.4, -0.2) is 29.5 Å². The van der Waals surface area contributed by atoms with Gasteiger partial charge in [0.2, 0.25) is 5.91 Å². The van der Waals surface area contributed by atoms with E-state index in [4.69, 9.17) is 22.1 Å². The third kappa shape index (κ3) is 5.02. The standard InChI is InChI=1S/C24H28ClN3O2/c1-24(2,16-26)22-12-11-21(18-9-6-10-19(25)13-18)28(22)23(29)20(27)15-30-14-17-7-4-3-5-8-17/h3-10,13,20-22H,11-12,14-15,27H2,1-2H3/t20-,21+,22?/m1/s1. The van der Waals surface area contributed by atoms with E-state index in [0.717, 1.165) is 24.0 Å². The molecule has 0 spiro atoms. The number of carbonyl (C=O) groups excluding carboxylic acids is 1. The summed E-state index contributed by atoms with van der Waals surface area (Å²) in [6.45, 7) is 4.25. The minimum absolute atomic E-state index is 0.117. The number of ether oxygens (including phenoxy) is 1. The van der Waals surface area contributed by atoms with E-state index in [1.54, 1.807) is 4.90 Å². The number of likely N-dealkylation sites (tertiary alicyclic amines) is 1. The van der Waals surface area contributed by atoms with Crippen molar-refractivity contribution in [1.29, 1.82) is 5.26 Å². The third-order valence-corrected chi connectivity index (χ3v) is 5.96. The number of nitrogens with two attached hydrogens (primary N) is 1. The van der Waals surface area contributed by atoms with Crippen molar-refractivity contribution in [3.05, 3.63) is 70.7 Å². The van der Waals surface area contributed by atoms with Crippen molar-refractivity contribution < 1.29 is 9.53 Å². The van der Waals surface area contributed by atoms with Crippen LogP contribution in [-0.2, 0) is 16.1 Å². The number of halogens is 1. The molecule has 3 rings (SSSR count). The molecular formula is C24H28ClN3O2. The van der Waals surface area contributed by atoms with Gasteiger partial charge in [-0.05, 0) is 49.9 Å². The lowest BCUT2D eigenvalue weighted by Gasteiger charge is -2.37. The number of rotatable bonds is 7. The molecule has 0 saturated carbocycles. The first-order chi connectivity index (χ1) is 14.3. The maximum absolute atomic E-state index is 13.4. The molecule has 0 aromatic heterocycles. The van der Waals surface area contributed by atoms with Gasteiger partial charge in [-0.25, -0.2) is 0 Å². The average molecular weight is 426 g/mol. The van der Waals surface area contributed by atoms with Crippen LogP contribution in [0, 0.1) is 16.7 Å². The van der Waals surface area contributed by atoms with Crippen LogP contribution in [0.5, 0.6) is 0 Å². The van der Waals surface area contributed by atoms with Crippen molar-refractivity contribution in [2.75, 3.05) is 6.61 Å². The van der Waals surface area contributed by atoms with Gasteiger partial charge in [0.05, 0.1) is 36.8 Å². The molecule has 1 unspecified atom stereocenters. The molecule has 5 nitrogen and oxygen atoms in total. The fraction of sp³-hybridized carbons (Fsp3) is 0.417. The Hall–Kier alpha value is -2.39. The number of amides is 1. The Morgan fingerprint density at radius 2 is 2.00 bits per heavy atom. The van der Waals surface area contributed by atoms with Gasteiger partial charge in [0.15, 0.2) is 0 Å². The lowest BCUT2D eigenvalue weighted by molar-refractivity contribution is -0.139. The van der Waals surface area contributed by atoms with Gasteiger partial charge in [-0.1, -0.05) is 54.1 Å². The van der Waals surface area contributed by atoms with Crippen LogP contribution >= 0.6 is 11.6 Å². The second kappa shape index (κ2) is 9.61. The quantitative estimate of drug-likeness (QED) is 0.709. The zero-order chi connectivity index (χ0) is 21.7. The molecule has 0 radical (unpaired) electrons. The summed E-state index contributed by atoms with van der Waals surface area (Å²) in [5, 5.41) is 10.3. The average Bonchev–Trinajstić information content (AvgIpc) is 3.20. The molecule has 2 aromatic carbocycles. The molecule has 0 aliphatic carbocycles. The fourth-order valence-electron chi connectivity index (χ4n) is 4.08. The van der Waals surface area contributed by atoms with E-state index in [2.05, 4.69) is 6.07 Å². The van der Waals surface area contributed by atoms with E-state index in [0.29, 0.717) is 11.6 Å². The van der Waals surface area contributed by atoms with E-state index in [1.165, 1.54) is 0 Å². The summed E-state index contributed by atoms with van der Waals surface area (Å²) < 4.78 is 5.71. The van der Waals surface area contributed by atoms with Crippen molar-refractivity contribution in [3.8, 4) is 6.07 Å². The molecule has 1 fully saturated rings. The highest BCUT2D eigenvalue weighted by Crippen LogP contribution is 2.43. The molecular weight excluding hydrogens is 398 g/mol. The van der Waals surface area contributed by atoms with Crippen molar-refractivity contribution >= 4 is 17.5 Å². The van der Waals surface area contributed by atoms with Crippen LogP contribution in [0.1, 0.15) is 43.9 Å². The Bertz CT molecular complexity index is 910. The smallest absolute Gasteiger partial charge is 0.242 e. The van der Waals surface area contributed by atoms with Gasteiger partial charge in [0.25, 0.3) is 0 Å². The van der Waals surface area contributed by atoms with Crippen molar-refractivity contribution in [2.45, 2.75) is 51.4 Å². The second-order valence-corrected chi connectivity index (χ2v) is 8.79. The molecule has 1 heterocycles. The molecule has 1 aliphatic rings. The predicted octanol–water partition coefficient (Wildman–Crippen LogP) is 4.47. The molecule has 158 valence electrons. The molecule has 1 amide bonds. The van der Waals surface area contributed by atoms with Crippen molar-refractivity contribution in [1.82, 2.24) is 4.90 Å². The molecule has 1 saturated heterocycles. The van der Waals surface area contributed by atoms with Gasteiger partial charge < -0.3 is 15.4 Å². The fourth-order valence-corrected chi connectivity index (χ4v) is 4.28. The SMILES string of the molecule is CC(C)(C#N)C1CC[C@@H](c2cccc(Cl)c2)N1C(=O)[C@H](N)COCc1ccccc1. The summed E-state index contributed by atoms with van der Waals surface area (Å²) in [5.74, 6) is -0.195. The number of nitriles is 1. The van der Waals surface area contributed by atoms with Crippen molar-refractivity contribution in [2.24, 2.45) is 11.1 Å². The van der Waals surface area contributed by atoms with E-state index in [1.807, 2.05) is 68.4 Å². The van der Waals surface area contributed by atoms with Crippen LogP contribution in [0.4, 0.5) is 0 Å². The molecule has 30 heavy (non-hydrogen) atoms. The first-order valence-electron chi connectivity index (χ1n) is 10.2. The molecule has 2 N–H and O–H groups in total. The number of carbonyl (C=O) groups is 1. The Balaban J connectivity index is 1.77. The van der Waals surface area contributed by atoms with Crippen LogP contribution in [0.15, 0.2) is 54.6 Å². The second-order valence-electron chi connectivity index (χ2n) is 8.35. The van der Waals surface area contributed by atoms with Gasteiger partial charge in [-0.15, -0.1) is 0 Å². The zero-order valence-corrected chi connectivity index (χ0v) is 18.2. The van der Waals surface area contributed by atoms with Crippen LogP contribution in [0.3, 0.4) is 0 Å². The topological polar surface area (TPSA) is 79.4 Å². The Labute approximate surface area is 183 Å². The summed E-state index contributed by atoms with van der Waals surface area (Å²) in [5.41, 5.74) is 7.56. The summed E-state index contributed by atoms with van der Waals surface area (Å²) in [4.78, 5) is 15.2. The molecule has 1 aliphatic heterocycles. The van der Waals surface area contributed by atoms with E-state index in [9.17, 15) is 10.1 Å². The van der Waals surface area contributed by atoms with Gasteiger partial charge >= 0.3 is 0 Å². The van der Waals surface area contributed by atoms with Gasteiger partial charge in [-0.3, -0.25) is 4.79 Å². The van der Waals surface area contributed by atoms with Crippen LogP contribution in [0.2, 0.25) is 5.02 Å². The van der Waals surface area contributed by atoms with Gasteiger partial charge in [0, 0.05) is 5.02 Å². The summed E-state index contributed by atoms with van der Waals surface area (Å²) in [7, 11) is 0. The number of benzene rings is 2. The Morgan fingerprint density at radius 3 is 2.67 bits per heavy atom. The largest absolute Gasteiger partial charge is 0.375 e. The maximum atomic E-state index is 13.4. The number of hydrogen-bond acceptors (Lipinski definition) is 4. The highest BCUT2D eigenvalue weighted by molar-refractivity contribution is 6.30. The van der Waals surface area contributed by atoms with E-state index in [-0.39, 0.29) is 24.6 Å². The summed E-state index contributed by atoms with van der Waals surface area (Å²) >= 11 is 6.19. The molecule has 0 bridgehead atoms. The molecule has 3 atom stereocenters. The number of nitrogens with zero attached hydrogens (tertiary/aromatic N) is 2. The van der Waals surface area contributed by atoms with Crippen LogP contribution in [0.25, 0.3) is 0 Å². The molecule has 2 aromatic rings. The summed E-state index contributed by atoms with van der Waals surface area (Å²) in [6, 6.07) is 18.5. The zero-order valence-electron chi connectivity index (χ0n) is 17.4. The lowest BCUT2D eigenvalue weighted by Crippen LogP contribution is -2.52. The van der Waals surface area contributed by atoms with Crippen LogP contribution < -0.4 is 5.73 Å². The summed E-state index contributed by atoms with van der Waals surface area (Å²) in [6.07, 6.45) is 1.50.